The van der Waals surface area contributed by atoms with Crippen molar-refractivity contribution < 1.29 is 19.4 Å². The number of azide groups is 1. The molecule has 0 aromatic rings. The number of hydrogen-bond donors (Lipinski definition) is 1. The van der Waals surface area contributed by atoms with Gasteiger partial charge in [0.2, 0.25) is 0 Å². The van der Waals surface area contributed by atoms with Crippen LogP contribution in [0.3, 0.4) is 0 Å². The summed E-state index contributed by atoms with van der Waals surface area (Å²) in [6.07, 6.45) is -0.324. The molecule has 0 bridgehead atoms. The summed E-state index contributed by atoms with van der Waals surface area (Å²) in [5.41, 5.74) is 8.20. The van der Waals surface area contributed by atoms with Crippen molar-refractivity contribution in [1.82, 2.24) is 0 Å². The topological polar surface area (TPSA) is 105 Å². The van der Waals surface area contributed by atoms with E-state index >= 15 is 0 Å². The maximum absolute atomic E-state index is 10.5. The van der Waals surface area contributed by atoms with Gasteiger partial charge >= 0.3 is 5.97 Å². The minimum Gasteiger partial charge on any atom is -0.463 e. The Morgan fingerprint density at radius 3 is 3.00 bits per heavy atom. The van der Waals surface area contributed by atoms with Crippen LogP contribution in [0.15, 0.2) is 5.11 Å². The highest BCUT2D eigenvalue weighted by Gasteiger charge is 2.29. The number of nitrogens with zero attached hydrogens (tertiary/aromatic N) is 3. The van der Waals surface area contributed by atoms with Crippen molar-refractivity contribution >= 4 is 5.97 Å². The zero-order valence-corrected chi connectivity index (χ0v) is 8.37. The van der Waals surface area contributed by atoms with Crippen molar-refractivity contribution in [1.29, 1.82) is 0 Å². The first-order chi connectivity index (χ1) is 7.13. The van der Waals surface area contributed by atoms with Gasteiger partial charge in [-0.3, -0.25) is 4.79 Å². The van der Waals surface area contributed by atoms with Crippen LogP contribution < -0.4 is 0 Å². The number of ether oxygens (including phenoxy) is 2. The molecule has 3 atom stereocenters. The fraction of sp³-hybridized carbons (Fsp3) is 0.875. The highest BCUT2D eigenvalue weighted by Crippen LogP contribution is 2.21. The third-order valence-electron chi connectivity index (χ3n) is 2.12. The second kappa shape index (κ2) is 5.55. The summed E-state index contributed by atoms with van der Waals surface area (Å²) >= 11 is 0. The lowest BCUT2D eigenvalue weighted by Crippen LogP contribution is -2.39. The van der Waals surface area contributed by atoms with Crippen LogP contribution in [0.1, 0.15) is 19.8 Å². The summed E-state index contributed by atoms with van der Waals surface area (Å²) in [7, 11) is 0. The summed E-state index contributed by atoms with van der Waals surface area (Å²) in [6, 6.07) is -0.552. The summed E-state index contributed by atoms with van der Waals surface area (Å²) < 4.78 is 9.86. The molecule has 0 aromatic heterocycles. The Bertz CT molecular complexity index is 277. The van der Waals surface area contributed by atoms with Gasteiger partial charge < -0.3 is 14.6 Å². The lowest BCUT2D eigenvalue weighted by Gasteiger charge is -2.30. The maximum atomic E-state index is 10.5. The van der Waals surface area contributed by atoms with Crippen molar-refractivity contribution in [3.63, 3.8) is 0 Å². The normalized spacial score (nSPS) is 30.4. The van der Waals surface area contributed by atoms with E-state index in [4.69, 9.17) is 15.0 Å². The number of aliphatic hydroxyl groups is 1. The van der Waals surface area contributed by atoms with Crippen LogP contribution >= 0.6 is 0 Å². The summed E-state index contributed by atoms with van der Waals surface area (Å²) in [6.45, 7) is 1.43. The van der Waals surface area contributed by atoms with Crippen molar-refractivity contribution in [3.8, 4) is 0 Å². The number of hydrogen-bond acceptors (Lipinski definition) is 5. The average molecular weight is 215 g/mol. The second-order valence-corrected chi connectivity index (χ2v) is 3.30. The van der Waals surface area contributed by atoms with Crippen LogP contribution in [-0.2, 0) is 14.3 Å². The first-order valence-corrected chi connectivity index (χ1v) is 4.64. The number of rotatable bonds is 3. The Morgan fingerprint density at radius 2 is 2.47 bits per heavy atom. The highest BCUT2D eigenvalue weighted by atomic mass is 16.6. The van der Waals surface area contributed by atoms with Crippen LogP contribution in [0, 0.1) is 0 Å². The van der Waals surface area contributed by atoms with Crippen LogP contribution in [0.25, 0.3) is 10.4 Å². The maximum Gasteiger partial charge on any atom is 0.302 e. The van der Waals surface area contributed by atoms with E-state index in [2.05, 4.69) is 10.0 Å². The number of carbonyl (C=O) groups excluding carboxylic acids is 1. The summed E-state index contributed by atoms with van der Waals surface area (Å²) in [5, 5.41) is 12.8. The molecule has 0 spiro atoms. The van der Waals surface area contributed by atoms with Gasteiger partial charge in [-0.2, -0.15) is 0 Å². The van der Waals surface area contributed by atoms with Gasteiger partial charge in [0, 0.05) is 11.8 Å². The number of aliphatic hydroxyl groups excluding tert-OH is 1. The van der Waals surface area contributed by atoms with E-state index in [0.29, 0.717) is 12.8 Å². The van der Waals surface area contributed by atoms with Gasteiger partial charge in [0.05, 0.1) is 12.1 Å². The monoisotopic (exact) mass is 215 g/mol. The van der Waals surface area contributed by atoms with E-state index in [9.17, 15) is 9.90 Å². The Kier molecular flexibility index (Phi) is 4.36. The van der Waals surface area contributed by atoms with Crippen LogP contribution in [0.5, 0.6) is 0 Å². The van der Waals surface area contributed by atoms with E-state index in [1.807, 2.05) is 0 Å². The fourth-order valence-corrected chi connectivity index (χ4v) is 1.37. The quantitative estimate of drug-likeness (QED) is 0.324. The molecule has 1 heterocycles. The number of carbonyl (C=O) groups is 1. The van der Waals surface area contributed by atoms with E-state index in [1.54, 1.807) is 0 Å². The van der Waals surface area contributed by atoms with Gasteiger partial charge in [0.15, 0.2) is 6.29 Å². The Morgan fingerprint density at radius 1 is 1.73 bits per heavy atom. The van der Waals surface area contributed by atoms with E-state index in [0.717, 1.165) is 0 Å². The largest absolute Gasteiger partial charge is 0.463 e. The smallest absolute Gasteiger partial charge is 0.302 e. The zero-order valence-electron chi connectivity index (χ0n) is 8.37. The molecule has 84 valence electrons. The van der Waals surface area contributed by atoms with Gasteiger partial charge in [-0.25, -0.2) is 0 Å². The number of esters is 1. The molecule has 0 aromatic carbocycles. The van der Waals surface area contributed by atoms with Crippen molar-refractivity contribution in [3.05, 3.63) is 10.4 Å². The first-order valence-electron chi connectivity index (χ1n) is 4.64. The van der Waals surface area contributed by atoms with Crippen LogP contribution in [0.2, 0.25) is 0 Å². The Balaban J connectivity index is 2.36. The highest BCUT2D eigenvalue weighted by molar-refractivity contribution is 5.65. The summed E-state index contributed by atoms with van der Waals surface area (Å²) in [4.78, 5) is 13.1. The van der Waals surface area contributed by atoms with Gasteiger partial charge in [-0.05, 0) is 18.4 Å². The predicted octanol–water partition coefficient (Wildman–Crippen LogP) is 0.726. The molecular formula is C8H13N3O4. The third-order valence-corrected chi connectivity index (χ3v) is 2.12. The molecule has 7 heteroatoms. The van der Waals surface area contributed by atoms with Gasteiger partial charge in [-0.1, -0.05) is 5.11 Å². The molecule has 1 rings (SSSR count). The molecule has 0 amide bonds. The van der Waals surface area contributed by atoms with Crippen molar-refractivity contribution in [2.45, 2.75) is 38.2 Å². The molecule has 15 heavy (non-hydrogen) atoms. The van der Waals surface area contributed by atoms with E-state index in [1.165, 1.54) is 6.92 Å². The zero-order chi connectivity index (χ0) is 11.3. The minimum absolute atomic E-state index is 0.120. The van der Waals surface area contributed by atoms with Crippen molar-refractivity contribution in [2.75, 3.05) is 6.61 Å². The minimum atomic E-state index is -1.12. The molecule has 1 saturated heterocycles. The lowest BCUT2D eigenvalue weighted by molar-refractivity contribution is -0.189. The van der Waals surface area contributed by atoms with Gasteiger partial charge in [0.1, 0.15) is 6.61 Å². The Hall–Kier alpha value is -1.30. The Labute approximate surface area is 86.6 Å². The SMILES string of the molecule is CC(=O)OC[C@H]1CC[C@@H](N=[N+]=[N-])C(O)O1. The molecule has 1 fully saturated rings. The molecule has 1 aliphatic rings. The van der Waals surface area contributed by atoms with E-state index in [-0.39, 0.29) is 18.7 Å². The molecule has 0 saturated carbocycles. The average Bonchev–Trinajstić information content (AvgIpc) is 2.19. The summed E-state index contributed by atoms with van der Waals surface area (Å²) in [5.74, 6) is -0.384. The first kappa shape index (κ1) is 11.8. The molecule has 1 aliphatic heterocycles. The molecule has 1 unspecified atom stereocenters. The standard InChI is InChI=1S/C8H13N3O4/c1-5(12)14-4-6-2-3-7(10-11-9)8(13)15-6/h6-8,13H,2-4H2,1H3/t6-,7-,8?/m1/s1. The van der Waals surface area contributed by atoms with Gasteiger partial charge in [0.25, 0.3) is 0 Å². The molecule has 7 nitrogen and oxygen atoms in total. The fourth-order valence-electron chi connectivity index (χ4n) is 1.37. The molecule has 0 radical (unpaired) electrons. The molecule has 0 aliphatic carbocycles. The van der Waals surface area contributed by atoms with Crippen LogP contribution in [-0.4, -0.2) is 36.1 Å². The van der Waals surface area contributed by atoms with E-state index < -0.39 is 12.3 Å². The third kappa shape index (κ3) is 3.75. The van der Waals surface area contributed by atoms with Crippen LogP contribution in [0.4, 0.5) is 0 Å². The predicted molar refractivity (Wildman–Crippen MR) is 49.7 cm³/mol. The second-order valence-electron chi connectivity index (χ2n) is 3.30. The van der Waals surface area contributed by atoms with Gasteiger partial charge in [-0.15, -0.1) is 0 Å². The lowest BCUT2D eigenvalue weighted by atomic mass is 10.1. The molecular weight excluding hydrogens is 202 g/mol. The molecule has 1 N–H and O–H groups in total. The van der Waals surface area contributed by atoms with Crippen molar-refractivity contribution in [2.24, 2.45) is 5.11 Å².